The molecule has 0 unspecified atom stereocenters. The molecule has 1 fully saturated rings. The van der Waals surface area contributed by atoms with Crippen molar-refractivity contribution >= 4 is 34.4 Å². The number of anilines is 2. The Labute approximate surface area is 242 Å². The molecule has 0 saturated carbocycles. The molecule has 6 rings (SSSR count). The summed E-state index contributed by atoms with van der Waals surface area (Å²) in [7, 11) is 0. The van der Waals surface area contributed by atoms with Crippen molar-refractivity contribution < 1.29 is 14.4 Å². The van der Waals surface area contributed by atoms with Crippen LogP contribution in [0.1, 0.15) is 68.6 Å². The first-order chi connectivity index (χ1) is 19.5. The molecule has 1 N–H and O–H groups in total. The van der Waals surface area contributed by atoms with Crippen molar-refractivity contribution in [3.8, 4) is 0 Å². The van der Waals surface area contributed by atoms with Crippen molar-refractivity contribution in [2.24, 2.45) is 17.3 Å². The number of hydrogen-bond donors (Lipinski definition) is 1. The van der Waals surface area contributed by atoms with Crippen molar-refractivity contribution in [1.29, 1.82) is 0 Å². The molecule has 0 aromatic heterocycles. The standard InChI is InChI=1S/C36H38N2O3/c1-21(2)19-23-15-17-24(18-16-23)32(39)30-31(33(40)35(4,5)6)38-28-14-10-7-11-25(28)22(3)20-29(38)36(30)26-12-8-9-13-27(26)37-34(36)41/h7-18,20-21,29-31H,19H2,1-6H3,(H,37,41)/t29-,30+,31-,36-/m0/s1. The van der Waals surface area contributed by atoms with Crippen LogP contribution in [0.25, 0.3) is 5.57 Å². The van der Waals surface area contributed by atoms with Gasteiger partial charge in [-0.3, -0.25) is 14.4 Å². The fourth-order valence-corrected chi connectivity index (χ4v) is 7.29. The van der Waals surface area contributed by atoms with E-state index in [0.717, 1.165) is 34.4 Å². The third-order valence-corrected chi connectivity index (χ3v) is 9.06. The summed E-state index contributed by atoms with van der Waals surface area (Å²) in [5.74, 6) is -0.874. The van der Waals surface area contributed by atoms with Crippen molar-refractivity contribution in [3.63, 3.8) is 0 Å². The normalized spacial score (nSPS) is 24.6. The zero-order chi connectivity index (χ0) is 29.3. The Morgan fingerprint density at radius 2 is 1.61 bits per heavy atom. The molecule has 3 aromatic rings. The number of nitrogens with one attached hydrogen (secondary N) is 1. The van der Waals surface area contributed by atoms with Crippen LogP contribution in [0.3, 0.4) is 0 Å². The molecule has 1 amide bonds. The quantitative estimate of drug-likeness (QED) is 0.355. The Morgan fingerprint density at radius 1 is 0.951 bits per heavy atom. The lowest BCUT2D eigenvalue weighted by molar-refractivity contribution is -0.128. The first-order valence-electron chi connectivity index (χ1n) is 14.6. The minimum atomic E-state index is -1.27. The van der Waals surface area contributed by atoms with Crippen LogP contribution >= 0.6 is 0 Å². The van der Waals surface area contributed by atoms with Crippen LogP contribution in [-0.2, 0) is 21.4 Å². The second-order valence-corrected chi connectivity index (χ2v) is 13.3. The van der Waals surface area contributed by atoms with Gasteiger partial charge in [-0.1, -0.05) is 101 Å². The van der Waals surface area contributed by atoms with Crippen LogP contribution < -0.4 is 10.2 Å². The Kier molecular flexibility index (Phi) is 6.33. The first kappa shape index (κ1) is 27.2. The molecule has 41 heavy (non-hydrogen) atoms. The third kappa shape index (κ3) is 4.00. The third-order valence-electron chi connectivity index (χ3n) is 9.06. The van der Waals surface area contributed by atoms with Gasteiger partial charge in [-0.2, -0.15) is 0 Å². The van der Waals surface area contributed by atoms with Gasteiger partial charge in [0, 0.05) is 27.9 Å². The van der Waals surface area contributed by atoms with Gasteiger partial charge in [-0.15, -0.1) is 0 Å². The van der Waals surface area contributed by atoms with E-state index in [1.54, 1.807) is 0 Å². The van der Waals surface area contributed by atoms with Crippen LogP contribution in [0.15, 0.2) is 78.9 Å². The number of amides is 1. The number of Topliss-reactive ketones (excluding diaryl/α,β-unsaturated/α-hetero) is 2. The number of benzene rings is 3. The first-order valence-corrected chi connectivity index (χ1v) is 14.6. The minimum absolute atomic E-state index is 0.0471. The summed E-state index contributed by atoms with van der Waals surface area (Å²) in [5, 5.41) is 3.11. The zero-order valence-corrected chi connectivity index (χ0v) is 24.7. The number of hydrogen-bond acceptors (Lipinski definition) is 4. The number of ketones is 2. The molecular weight excluding hydrogens is 508 g/mol. The van der Waals surface area contributed by atoms with Crippen LogP contribution in [-0.4, -0.2) is 29.6 Å². The van der Waals surface area contributed by atoms with Gasteiger partial charge in [-0.05, 0) is 48.1 Å². The average Bonchev–Trinajstić information content (AvgIpc) is 3.40. The number of carbonyl (C=O) groups excluding carboxylic acids is 3. The molecule has 0 bridgehead atoms. The zero-order valence-electron chi connectivity index (χ0n) is 24.7. The van der Waals surface area contributed by atoms with Gasteiger partial charge >= 0.3 is 0 Å². The summed E-state index contributed by atoms with van der Waals surface area (Å²) in [4.78, 5) is 46.0. The van der Waals surface area contributed by atoms with E-state index in [2.05, 4.69) is 30.1 Å². The Morgan fingerprint density at radius 3 is 2.29 bits per heavy atom. The molecule has 5 nitrogen and oxygen atoms in total. The SMILES string of the molecule is CC1=C[C@@H]2N(c3ccccc31)[C@H](C(=O)C(C)(C)C)[C@H](C(=O)c1ccc(CC(C)C)cc1)[C@@]21C(=O)Nc2ccccc21. The summed E-state index contributed by atoms with van der Waals surface area (Å²) < 4.78 is 0. The lowest BCUT2D eigenvalue weighted by Crippen LogP contribution is -2.51. The van der Waals surface area contributed by atoms with Gasteiger partial charge in [0.05, 0.1) is 12.0 Å². The fourth-order valence-electron chi connectivity index (χ4n) is 7.29. The van der Waals surface area contributed by atoms with Crippen LogP contribution in [0.5, 0.6) is 0 Å². The highest BCUT2D eigenvalue weighted by atomic mass is 16.2. The summed E-state index contributed by atoms with van der Waals surface area (Å²) in [5.41, 5.74) is 4.10. The second-order valence-electron chi connectivity index (χ2n) is 13.3. The molecule has 5 heteroatoms. The number of nitrogens with zero attached hydrogens (tertiary/aromatic N) is 1. The molecule has 3 aliphatic heterocycles. The fraction of sp³-hybridized carbons (Fsp3) is 0.361. The van der Waals surface area contributed by atoms with E-state index in [-0.39, 0.29) is 17.5 Å². The van der Waals surface area contributed by atoms with Gasteiger partial charge in [0.25, 0.3) is 0 Å². The van der Waals surface area contributed by atoms with Gasteiger partial charge in [-0.25, -0.2) is 0 Å². The molecule has 210 valence electrons. The van der Waals surface area contributed by atoms with Crippen LogP contribution in [0, 0.1) is 17.3 Å². The summed E-state index contributed by atoms with van der Waals surface area (Å²) in [6, 6.07) is 22.1. The van der Waals surface area contributed by atoms with Gasteiger partial charge < -0.3 is 10.2 Å². The molecule has 3 aliphatic rings. The average molecular weight is 547 g/mol. The molecule has 0 aliphatic carbocycles. The summed E-state index contributed by atoms with van der Waals surface area (Å²) in [6.07, 6.45) is 3.02. The largest absolute Gasteiger partial charge is 0.352 e. The van der Waals surface area contributed by atoms with Gasteiger partial charge in [0.1, 0.15) is 11.5 Å². The number of carbonyl (C=O) groups is 3. The maximum atomic E-state index is 14.9. The lowest BCUT2D eigenvalue weighted by Gasteiger charge is -2.39. The summed E-state index contributed by atoms with van der Waals surface area (Å²) >= 11 is 0. The van der Waals surface area contributed by atoms with Crippen LogP contribution in [0.4, 0.5) is 11.4 Å². The van der Waals surface area contributed by atoms with Crippen molar-refractivity contribution in [3.05, 3.63) is 101 Å². The van der Waals surface area contributed by atoms with E-state index >= 15 is 0 Å². The second kappa shape index (κ2) is 9.54. The molecular formula is C36H38N2O3. The Balaban J connectivity index is 1.63. The van der Waals surface area contributed by atoms with E-state index in [9.17, 15) is 14.4 Å². The Hall–Kier alpha value is -3.99. The molecule has 1 saturated heterocycles. The smallest absolute Gasteiger partial charge is 0.238 e. The molecule has 3 aromatic carbocycles. The van der Waals surface area contributed by atoms with E-state index in [1.165, 1.54) is 0 Å². The summed E-state index contributed by atoms with van der Waals surface area (Å²) in [6.45, 7) is 12.1. The monoisotopic (exact) mass is 546 g/mol. The maximum Gasteiger partial charge on any atom is 0.238 e. The molecule has 1 spiro atoms. The van der Waals surface area contributed by atoms with Gasteiger partial charge in [0.2, 0.25) is 5.91 Å². The highest BCUT2D eigenvalue weighted by Gasteiger charge is 2.71. The number of para-hydroxylation sites is 2. The highest BCUT2D eigenvalue weighted by Crippen LogP contribution is 2.59. The van der Waals surface area contributed by atoms with Crippen molar-refractivity contribution in [2.45, 2.75) is 65.5 Å². The molecule has 4 atom stereocenters. The minimum Gasteiger partial charge on any atom is -0.352 e. The predicted octanol–water partition coefficient (Wildman–Crippen LogP) is 6.86. The van der Waals surface area contributed by atoms with Crippen LogP contribution in [0.2, 0.25) is 0 Å². The topological polar surface area (TPSA) is 66.5 Å². The van der Waals surface area contributed by atoms with Crippen molar-refractivity contribution in [2.75, 3.05) is 10.2 Å². The predicted molar refractivity (Wildman–Crippen MR) is 164 cm³/mol. The van der Waals surface area contributed by atoms with E-state index in [1.807, 2.05) is 100 Å². The lowest BCUT2D eigenvalue weighted by atomic mass is 9.63. The molecule has 0 radical (unpaired) electrons. The van der Waals surface area contributed by atoms with E-state index in [4.69, 9.17) is 0 Å². The Bertz CT molecular complexity index is 1590. The number of rotatable bonds is 5. The maximum absolute atomic E-state index is 14.9. The number of fused-ring (bicyclic) bond motifs is 6. The van der Waals surface area contributed by atoms with E-state index < -0.39 is 28.8 Å². The van der Waals surface area contributed by atoms with Gasteiger partial charge in [0.15, 0.2) is 11.6 Å². The molecule has 3 heterocycles. The number of allylic oxidation sites excluding steroid dienone is 1. The van der Waals surface area contributed by atoms with E-state index in [0.29, 0.717) is 17.2 Å². The highest BCUT2D eigenvalue weighted by molar-refractivity contribution is 6.17. The van der Waals surface area contributed by atoms with Crippen molar-refractivity contribution in [1.82, 2.24) is 0 Å².